The van der Waals surface area contributed by atoms with E-state index >= 15 is 0 Å². The van der Waals surface area contributed by atoms with Crippen LogP contribution in [0.3, 0.4) is 0 Å². The zero-order chi connectivity index (χ0) is 22.5. The van der Waals surface area contributed by atoms with Gasteiger partial charge in [0.25, 0.3) is 5.91 Å². The molecule has 0 saturated carbocycles. The van der Waals surface area contributed by atoms with E-state index in [1.165, 1.54) is 11.8 Å². The number of hydrogen-bond acceptors (Lipinski definition) is 5. The van der Waals surface area contributed by atoms with Crippen molar-refractivity contribution in [3.8, 4) is 0 Å². The molecule has 0 spiro atoms. The summed E-state index contributed by atoms with van der Waals surface area (Å²) in [5, 5.41) is 15.6. The summed E-state index contributed by atoms with van der Waals surface area (Å²) >= 11 is 13.4. The molecule has 1 aromatic heterocycles. The molecule has 2 N–H and O–H groups in total. The van der Waals surface area contributed by atoms with Crippen molar-refractivity contribution in [2.24, 2.45) is 7.05 Å². The van der Waals surface area contributed by atoms with Gasteiger partial charge in [0.2, 0.25) is 5.91 Å². The number of carbonyl (C=O) groups is 2. The first-order chi connectivity index (χ1) is 14.8. The average Bonchev–Trinajstić information content (AvgIpc) is 3.10. The molecule has 2 aromatic carbocycles. The maximum atomic E-state index is 12.5. The molecule has 0 fully saturated rings. The number of anilines is 1. The van der Waals surface area contributed by atoms with E-state index < -0.39 is 6.04 Å². The quantitative estimate of drug-likeness (QED) is 0.483. The van der Waals surface area contributed by atoms with Gasteiger partial charge in [-0.15, -0.1) is 10.2 Å². The van der Waals surface area contributed by atoms with Crippen molar-refractivity contribution < 1.29 is 9.59 Å². The minimum Gasteiger partial charge on any atom is -0.342 e. The predicted octanol–water partition coefficient (Wildman–Crippen LogP) is 4.65. The SMILES string of the molecule is Cc1c(Cl)cccc1NC(=O)CSc1nnc([C@@H](C)NC(=O)c2ccccc2Cl)n1C. The number of thioether (sulfide) groups is 1. The number of amides is 2. The standard InChI is InChI=1S/C21H21Cl2N5O2S/c1-12-15(22)9-6-10-17(12)25-18(29)11-31-21-27-26-19(28(21)3)13(2)24-20(30)14-7-4-5-8-16(14)23/h4-10,13H,11H2,1-3H3,(H,24,30)(H,25,29)/t13-/m1/s1. The van der Waals surface area contributed by atoms with Gasteiger partial charge < -0.3 is 15.2 Å². The van der Waals surface area contributed by atoms with Crippen LogP contribution in [0.15, 0.2) is 47.6 Å². The Labute approximate surface area is 194 Å². The third-order valence-corrected chi connectivity index (χ3v) is 6.36. The van der Waals surface area contributed by atoms with Gasteiger partial charge in [0, 0.05) is 17.8 Å². The molecule has 0 aliphatic heterocycles. The largest absolute Gasteiger partial charge is 0.342 e. The van der Waals surface area contributed by atoms with Gasteiger partial charge in [-0.05, 0) is 43.7 Å². The zero-order valence-corrected chi connectivity index (χ0v) is 19.5. The van der Waals surface area contributed by atoms with Crippen LogP contribution in [0.1, 0.15) is 34.7 Å². The van der Waals surface area contributed by atoms with Crippen LogP contribution in [0.25, 0.3) is 0 Å². The van der Waals surface area contributed by atoms with Crippen molar-refractivity contribution >= 4 is 52.5 Å². The van der Waals surface area contributed by atoms with Crippen molar-refractivity contribution in [2.75, 3.05) is 11.1 Å². The second-order valence-corrected chi connectivity index (χ2v) is 8.58. The Balaban J connectivity index is 1.60. The number of nitrogens with one attached hydrogen (secondary N) is 2. The second kappa shape index (κ2) is 10.2. The highest BCUT2D eigenvalue weighted by atomic mass is 35.5. The number of hydrogen-bond donors (Lipinski definition) is 2. The maximum absolute atomic E-state index is 12.5. The molecular weight excluding hydrogens is 457 g/mol. The monoisotopic (exact) mass is 477 g/mol. The summed E-state index contributed by atoms with van der Waals surface area (Å²) in [7, 11) is 1.79. The molecule has 0 aliphatic rings. The molecule has 0 bridgehead atoms. The van der Waals surface area contributed by atoms with Crippen LogP contribution >= 0.6 is 35.0 Å². The van der Waals surface area contributed by atoms with Gasteiger partial charge in [0.1, 0.15) is 0 Å². The van der Waals surface area contributed by atoms with Crippen LogP contribution < -0.4 is 10.6 Å². The number of carbonyl (C=O) groups excluding carboxylic acids is 2. The van der Waals surface area contributed by atoms with E-state index in [4.69, 9.17) is 23.2 Å². The fraction of sp³-hybridized carbons (Fsp3) is 0.238. The van der Waals surface area contributed by atoms with Gasteiger partial charge in [-0.1, -0.05) is 53.2 Å². The second-order valence-electron chi connectivity index (χ2n) is 6.82. The molecule has 1 atom stereocenters. The normalized spacial score (nSPS) is 11.8. The van der Waals surface area contributed by atoms with Gasteiger partial charge >= 0.3 is 0 Å². The van der Waals surface area contributed by atoms with Crippen LogP contribution in [0, 0.1) is 6.92 Å². The van der Waals surface area contributed by atoms with Crippen molar-refractivity contribution in [2.45, 2.75) is 25.0 Å². The molecule has 10 heteroatoms. The number of halogens is 2. The summed E-state index contributed by atoms with van der Waals surface area (Å²) in [5.41, 5.74) is 1.87. The maximum Gasteiger partial charge on any atom is 0.253 e. The highest BCUT2D eigenvalue weighted by molar-refractivity contribution is 7.99. The lowest BCUT2D eigenvalue weighted by atomic mass is 10.2. The topological polar surface area (TPSA) is 88.9 Å². The van der Waals surface area contributed by atoms with Crippen molar-refractivity contribution in [1.29, 1.82) is 0 Å². The van der Waals surface area contributed by atoms with E-state index in [2.05, 4.69) is 20.8 Å². The summed E-state index contributed by atoms with van der Waals surface area (Å²) in [6, 6.07) is 11.8. The molecule has 0 aliphatic carbocycles. The summed E-state index contributed by atoms with van der Waals surface area (Å²) in [5.74, 6) is 0.235. The highest BCUT2D eigenvalue weighted by Gasteiger charge is 2.20. The van der Waals surface area contributed by atoms with E-state index in [0.717, 1.165) is 5.56 Å². The molecule has 1 heterocycles. The lowest BCUT2D eigenvalue weighted by Gasteiger charge is -2.14. The summed E-state index contributed by atoms with van der Waals surface area (Å²) < 4.78 is 1.75. The van der Waals surface area contributed by atoms with Crippen molar-refractivity contribution in [3.63, 3.8) is 0 Å². The molecule has 0 unspecified atom stereocenters. The highest BCUT2D eigenvalue weighted by Crippen LogP contribution is 2.24. The van der Waals surface area contributed by atoms with E-state index in [0.29, 0.717) is 32.3 Å². The van der Waals surface area contributed by atoms with Crippen molar-refractivity contribution in [3.05, 3.63) is 69.5 Å². The molecule has 7 nitrogen and oxygen atoms in total. The average molecular weight is 478 g/mol. The first-order valence-electron chi connectivity index (χ1n) is 9.40. The number of aromatic nitrogens is 3. The first-order valence-corrected chi connectivity index (χ1v) is 11.1. The summed E-state index contributed by atoms with van der Waals surface area (Å²) in [4.78, 5) is 24.8. The molecule has 3 aromatic rings. The number of rotatable bonds is 7. The molecule has 3 rings (SSSR count). The lowest BCUT2D eigenvalue weighted by molar-refractivity contribution is -0.113. The molecule has 2 amide bonds. The smallest absolute Gasteiger partial charge is 0.253 e. The van der Waals surface area contributed by atoms with E-state index in [-0.39, 0.29) is 17.6 Å². The Kier molecular flexibility index (Phi) is 7.59. The molecule has 0 saturated heterocycles. The Bertz CT molecular complexity index is 1120. The van der Waals surface area contributed by atoms with Crippen LogP contribution in [0.2, 0.25) is 10.0 Å². The van der Waals surface area contributed by atoms with Gasteiger partial charge in [-0.2, -0.15) is 0 Å². The third-order valence-electron chi connectivity index (χ3n) is 4.60. The van der Waals surface area contributed by atoms with E-state index in [1.807, 2.05) is 13.8 Å². The van der Waals surface area contributed by atoms with Crippen LogP contribution in [0.5, 0.6) is 0 Å². The fourth-order valence-corrected chi connectivity index (χ4v) is 3.99. The Hall–Kier alpha value is -2.55. The van der Waals surface area contributed by atoms with Crippen molar-refractivity contribution in [1.82, 2.24) is 20.1 Å². The Morgan fingerprint density at radius 1 is 1.10 bits per heavy atom. The van der Waals surface area contributed by atoms with Crippen LogP contribution in [-0.2, 0) is 11.8 Å². The Morgan fingerprint density at radius 3 is 2.55 bits per heavy atom. The van der Waals surface area contributed by atoms with E-state index in [9.17, 15) is 9.59 Å². The lowest BCUT2D eigenvalue weighted by Crippen LogP contribution is -2.28. The third kappa shape index (κ3) is 5.58. The van der Waals surface area contributed by atoms with E-state index in [1.54, 1.807) is 54.1 Å². The van der Waals surface area contributed by atoms with Crippen LogP contribution in [0.4, 0.5) is 5.69 Å². The Morgan fingerprint density at radius 2 is 1.81 bits per heavy atom. The fourth-order valence-electron chi connectivity index (χ4n) is 2.87. The number of nitrogens with zero attached hydrogens (tertiary/aromatic N) is 3. The molecular formula is C21H21Cl2N5O2S. The first kappa shape index (κ1) is 23.1. The predicted molar refractivity (Wildman–Crippen MR) is 124 cm³/mol. The minimum atomic E-state index is -0.404. The van der Waals surface area contributed by atoms with Gasteiger partial charge in [-0.3, -0.25) is 9.59 Å². The summed E-state index contributed by atoms with van der Waals surface area (Å²) in [6.45, 7) is 3.65. The zero-order valence-electron chi connectivity index (χ0n) is 17.1. The minimum absolute atomic E-state index is 0.151. The summed E-state index contributed by atoms with van der Waals surface area (Å²) in [6.07, 6.45) is 0. The van der Waals surface area contributed by atoms with Gasteiger partial charge in [0.15, 0.2) is 11.0 Å². The van der Waals surface area contributed by atoms with Crippen LogP contribution in [-0.4, -0.2) is 32.3 Å². The number of benzene rings is 2. The van der Waals surface area contributed by atoms with Gasteiger partial charge in [-0.25, -0.2) is 0 Å². The van der Waals surface area contributed by atoms with Gasteiger partial charge in [0.05, 0.1) is 22.4 Å². The molecule has 162 valence electrons. The molecule has 0 radical (unpaired) electrons. The molecule has 31 heavy (non-hydrogen) atoms.